The summed E-state index contributed by atoms with van der Waals surface area (Å²) in [7, 11) is 0. The Morgan fingerprint density at radius 1 is 1.42 bits per heavy atom. The van der Waals surface area contributed by atoms with E-state index in [-0.39, 0.29) is 13.2 Å². The molecule has 0 spiro atoms. The number of aliphatic hydroxyl groups excluding tert-OH is 1. The Balaban J connectivity index is 2.07. The van der Waals surface area contributed by atoms with Crippen molar-refractivity contribution < 1.29 is 14.3 Å². The summed E-state index contributed by atoms with van der Waals surface area (Å²) in [6.45, 7) is 0.0230. The van der Waals surface area contributed by atoms with Crippen LogP contribution in [0.3, 0.4) is 0 Å². The van der Waals surface area contributed by atoms with Crippen molar-refractivity contribution in [2.75, 3.05) is 18.5 Å². The lowest BCUT2D eigenvalue weighted by atomic mass is 10.3. The average molecular weight is 264 g/mol. The number of nitrogens with one attached hydrogen (secondary N) is 2. The Hall–Kier alpha value is -2.41. The van der Waals surface area contributed by atoms with E-state index in [9.17, 15) is 9.18 Å². The monoisotopic (exact) mass is 264 g/mol. The van der Waals surface area contributed by atoms with Gasteiger partial charge in [-0.1, -0.05) is 12.1 Å². The number of hydrogen-bond acceptors (Lipinski definition) is 3. The van der Waals surface area contributed by atoms with Gasteiger partial charge in [0, 0.05) is 6.54 Å². The highest BCUT2D eigenvalue weighted by Crippen LogP contribution is 2.14. The number of hydrogen-bond donors (Lipinski definition) is 3. The first-order valence-corrected chi connectivity index (χ1v) is 5.66. The molecular weight excluding hydrogens is 251 g/mol. The fourth-order valence-corrected chi connectivity index (χ4v) is 1.50. The summed E-state index contributed by atoms with van der Waals surface area (Å²) in [4.78, 5) is 11.3. The first-order chi connectivity index (χ1) is 9.20. The maximum atomic E-state index is 13.5. The van der Waals surface area contributed by atoms with Gasteiger partial charge in [0.25, 0.3) is 0 Å². The van der Waals surface area contributed by atoms with Crippen molar-refractivity contribution in [3.05, 3.63) is 42.5 Å². The fourth-order valence-electron chi connectivity index (χ4n) is 1.50. The molecule has 0 aliphatic rings. The topological polar surface area (TPSA) is 79.2 Å². The van der Waals surface area contributed by atoms with E-state index < -0.39 is 11.8 Å². The third kappa shape index (κ3) is 3.29. The van der Waals surface area contributed by atoms with Gasteiger partial charge >= 0.3 is 6.03 Å². The number of aliphatic hydroxyl groups is 1. The van der Waals surface area contributed by atoms with Gasteiger partial charge in [0.1, 0.15) is 11.5 Å². The molecule has 0 unspecified atom stereocenters. The van der Waals surface area contributed by atoms with E-state index in [1.165, 1.54) is 23.1 Å². The first kappa shape index (κ1) is 13.0. The van der Waals surface area contributed by atoms with Gasteiger partial charge in [0.15, 0.2) is 0 Å². The standard InChI is InChI=1S/C12H13FN4O2/c13-10-3-1-2-4-11(10)17-8-9(7-15-17)16-12(19)14-5-6-18/h1-4,7-8,18H,5-6H2,(H2,14,16,19). The molecule has 0 aliphatic carbocycles. The summed E-state index contributed by atoms with van der Waals surface area (Å²) in [5.74, 6) is -0.401. The van der Waals surface area contributed by atoms with Crippen molar-refractivity contribution in [2.24, 2.45) is 0 Å². The SMILES string of the molecule is O=C(NCCO)Nc1cnn(-c2ccccc2F)c1. The van der Waals surface area contributed by atoms with Crippen molar-refractivity contribution in [1.29, 1.82) is 0 Å². The quantitative estimate of drug-likeness (QED) is 0.774. The summed E-state index contributed by atoms with van der Waals surface area (Å²) in [5.41, 5.74) is 0.727. The van der Waals surface area contributed by atoms with Gasteiger partial charge in [-0.25, -0.2) is 13.9 Å². The Labute approximate surface area is 108 Å². The van der Waals surface area contributed by atoms with E-state index in [0.717, 1.165) is 0 Å². The van der Waals surface area contributed by atoms with Crippen molar-refractivity contribution in [1.82, 2.24) is 15.1 Å². The number of aromatic nitrogens is 2. The fraction of sp³-hybridized carbons (Fsp3) is 0.167. The van der Waals surface area contributed by atoms with E-state index in [0.29, 0.717) is 11.4 Å². The zero-order valence-electron chi connectivity index (χ0n) is 10.0. The third-order valence-electron chi connectivity index (χ3n) is 2.34. The summed E-state index contributed by atoms with van der Waals surface area (Å²) < 4.78 is 14.9. The Morgan fingerprint density at radius 3 is 2.95 bits per heavy atom. The maximum absolute atomic E-state index is 13.5. The van der Waals surface area contributed by atoms with Crippen molar-refractivity contribution in [2.45, 2.75) is 0 Å². The van der Waals surface area contributed by atoms with E-state index in [1.54, 1.807) is 18.2 Å². The summed E-state index contributed by atoms with van der Waals surface area (Å²) in [6, 6.07) is 5.74. The van der Waals surface area contributed by atoms with E-state index in [4.69, 9.17) is 5.11 Å². The van der Waals surface area contributed by atoms with Gasteiger partial charge in [0.2, 0.25) is 0 Å². The van der Waals surface area contributed by atoms with Crippen LogP contribution in [0.25, 0.3) is 5.69 Å². The molecule has 0 saturated heterocycles. The number of amides is 2. The minimum Gasteiger partial charge on any atom is -0.395 e. The summed E-state index contributed by atoms with van der Waals surface area (Å²) in [5, 5.41) is 17.5. The number of benzene rings is 1. The van der Waals surface area contributed by atoms with Gasteiger partial charge in [-0.05, 0) is 12.1 Å². The second-order valence-corrected chi connectivity index (χ2v) is 3.73. The van der Waals surface area contributed by atoms with Crippen LogP contribution in [0.4, 0.5) is 14.9 Å². The number of anilines is 1. The minimum atomic E-state index is -0.456. The number of urea groups is 1. The molecule has 100 valence electrons. The van der Waals surface area contributed by atoms with Crippen LogP contribution in [0.2, 0.25) is 0 Å². The normalized spacial score (nSPS) is 10.2. The Morgan fingerprint density at radius 2 is 2.21 bits per heavy atom. The predicted molar refractivity (Wildman–Crippen MR) is 67.6 cm³/mol. The largest absolute Gasteiger partial charge is 0.395 e. The highest BCUT2D eigenvalue weighted by Gasteiger charge is 2.07. The molecule has 0 aliphatic heterocycles. The second kappa shape index (κ2) is 5.96. The molecule has 3 N–H and O–H groups in total. The third-order valence-corrected chi connectivity index (χ3v) is 2.34. The van der Waals surface area contributed by atoms with E-state index in [2.05, 4.69) is 15.7 Å². The highest BCUT2D eigenvalue weighted by atomic mass is 19.1. The van der Waals surface area contributed by atoms with Crippen LogP contribution in [0.15, 0.2) is 36.7 Å². The average Bonchev–Trinajstić information content (AvgIpc) is 2.85. The molecular formula is C12H13FN4O2. The van der Waals surface area contributed by atoms with Crippen molar-refractivity contribution >= 4 is 11.7 Å². The molecule has 6 nitrogen and oxygen atoms in total. The predicted octanol–water partition coefficient (Wildman–Crippen LogP) is 1.13. The lowest BCUT2D eigenvalue weighted by Gasteiger charge is -2.04. The number of rotatable bonds is 4. The molecule has 0 atom stereocenters. The van der Waals surface area contributed by atoms with Crippen LogP contribution in [0, 0.1) is 5.82 Å². The first-order valence-electron chi connectivity index (χ1n) is 5.66. The van der Waals surface area contributed by atoms with E-state index >= 15 is 0 Å². The van der Waals surface area contributed by atoms with Gasteiger partial charge in [-0.15, -0.1) is 0 Å². The molecule has 0 fully saturated rings. The molecule has 0 saturated carbocycles. The van der Waals surface area contributed by atoms with Crippen LogP contribution in [0.5, 0.6) is 0 Å². The molecule has 2 amide bonds. The molecule has 0 radical (unpaired) electrons. The number of nitrogens with zero attached hydrogens (tertiary/aromatic N) is 2. The van der Waals surface area contributed by atoms with Crippen LogP contribution < -0.4 is 10.6 Å². The van der Waals surface area contributed by atoms with Gasteiger partial charge in [0.05, 0.1) is 24.7 Å². The molecule has 1 aromatic heterocycles. The van der Waals surface area contributed by atoms with Crippen molar-refractivity contribution in [3.63, 3.8) is 0 Å². The summed E-state index contributed by atoms with van der Waals surface area (Å²) in [6.07, 6.45) is 2.90. The summed E-state index contributed by atoms with van der Waals surface area (Å²) >= 11 is 0. The second-order valence-electron chi connectivity index (χ2n) is 3.73. The lowest BCUT2D eigenvalue weighted by Crippen LogP contribution is -2.30. The molecule has 1 aromatic carbocycles. The number of carbonyl (C=O) groups excluding carboxylic acids is 1. The molecule has 2 rings (SSSR count). The zero-order valence-corrected chi connectivity index (χ0v) is 10.0. The molecule has 19 heavy (non-hydrogen) atoms. The van der Waals surface area contributed by atoms with Crippen LogP contribution in [-0.4, -0.2) is 34.1 Å². The lowest BCUT2D eigenvalue weighted by molar-refractivity contribution is 0.245. The number of para-hydroxylation sites is 1. The number of carbonyl (C=O) groups is 1. The van der Waals surface area contributed by atoms with E-state index in [1.807, 2.05) is 0 Å². The molecule has 0 bridgehead atoms. The molecule has 2 aromatic rings. The van der Waals surface area contributed by atoms with Gasteiger partial charge in [-0.3, -0.25) is 0 Å². The van der Waals surface area contributed by atoms with Gasteiger partial charge in [-0.2, -0.15) is 5.10 Å². The smallest absolute Gasteiger partial charge is 0.319 e. The van der Waals surface area contributed by atoms with Crippen LogP contribution in [0.1, 0.15) is 0 Å². The van der Waals surface area contributed by atoms with Crippen LogP contribution in [-0.2, 0) is 0 Å². The Kier molecular flexibility index (Phi) is 4.09. The maximum Gasteiger partial charge on any atom is 0.319 e. The zero-order chi connectivity index (χ0) is 13.7. The van der Waals surface area contributed by atoms with Crippen LogP contribution >= 0.6 is 0 Å². The highest BCUT2D eigenvalue weighted by molar-refractivity contribution is 5.88. The molecule has 1 heterocycles. The molecule has 7 heteroatoms. The minimum absolute atomic E-state index is 0.137. The van der Waals surface area contributed by atoms with Crippen molar-refractivity contribution in [3.8, 4) is 5.69 Å². The Bertz CT molecular complexity index is 570. The van der Waals surface area contributed by atoms with Gasteiger partial charge < -0.3 is 15.7 Å². The number of halogens is 1.